The number of carbonyl (C=O) groups is 2. The number of carbonyl (C=O) groups excluding carboxylic acids is 2. The van der Waals surface area contributed by atoms with Gasteiger partial charge in [0.1, 0.15) is 11.6 Å². The Hall–Kier alpha value is -2.69. The van der Waals surface area contributed by atoms with Gasteiger partial charge in [0.25, 0.3) is 0 Å². The average Bonchev–Trinajstić information content (AvgIpc) is 2.54. The van der Waals surface area contributed by atoms with Crippen LogP contribution >= 0.6 is 0 Å². The number of rotatable bonds is 6. The molecule has 4 nitrogen and oxygen atoms in total. The van der Waals surface area contributed by atoms with Gasteiger partial charge in [-0.3, -0.25) is 9.59 Å². The molecule has 0 heterocycles. The normalized spacial score (nSPS) is 10.1. The van der Waals surface area contributed by atoms with Crippen molar-refractivity contribution in [2.75, 3.05) is 13.7 Å². The minimum Gasteiger partial charge on any atom is -0.496 e. The van der Waals surface area contributed by atoms with E-state index >= 15 is 0 Å². The van der Waals surface area contributed by atoms with Crippen molar-refractivity contribution in [1.29, 1.82) is 0 Å². The van der Waals surface area contributed by atoms with Crippen LogP contribution in [-0.4, -0.2) is 25.5 Å². The van der Waals surface area contributed by atoms with E-state index in [0.29, 0.717) is 16.9 Å². The standard InChI is InChI=1S/C17H15FO4/c1-21-16-5-3-2-4-14(16)15(19)11-22-17(20)10-12-6-8-13(18)9-7-12/h2-9H,10-11H2,1H3. The number of hydrogen-bond donors (Lipinski definition) is 0. The summed E-state index contributed by atoms with van der Waals surface area (Å²) in [6.45, 7) is -0.361. The summed E-state index contributed by atoms with van der Waals surface area (Å²) in [5, 5.41) is 0. The predicted octanol–water partition coefficient (Wildman–Crippen LogP) is 2.80. The van der Waals surface area contributed by atoms with Crippen LogP contribution in [0.25, 0.3) is 0 Å². The molecule has 0 aliphatic heterocycles. The number of methoxy groups -OCH3 is 1. The molecule has 0 aromatic heterocycles. The number of hydrogen-bond acceptors (Lipinski definition) is 4. The molecule has 0 atom stereocenters. The minimum atomic E-state index is -0.546. The van der Waals surface area contributed by atoms with E-state index in [9.17, 15) is 14.0 Å². The first-order valence-corrected chi connectivity index (χ1v) is 6.66. The smallest absolute Gasteiger partial charge is 0.310 e. The first kappa shape index (κ1) is 15.7. The third-order valence-corrected chi connectivity index (χ3v) is 3.03. The lowest BCUT2D eigenvalue weighted by molar-refractivity contribution is -0.141. The number of Topliss-reactive ketones (excluding diaryl/α,β-unsaturated/α-hetero) is 1. The Kier molecular flexibility index (Phi) is 5.25. The molecule has 22 heavy (non-hydrogen) atoms. The van der Waals surface area contributed by atoms with E-state index in [2.05, 4.69) is 0 Å². The Bertz CT molecular complexity index is 665. The third kappa shape index (κ3) is 4.15. The maximum absolute atomic E-state index is 12.8. The molecule has 0 saturated carbocycles. The second-order valence-corrected chi connectivity index (χ2v) is 4.59. The zero-order valence-corrected chi connectivity index (χ0v) is 12.0. The van der Waals surface area contributed by atoms with Gasteiger partial charge >= 0.3 is 5.97 Å². The SMILES string of the molecule is COc1ccccc1C(=O)COC(=O)Cc1ccc(F)cc1. The molecule has 0 saturated heterocycles. The molecule has 114 valence electrons. The van der Waals surface area contributed by atoms with Gasteiger partial charge in [-0.2, -0.15) is 0 Å². The van der Waals surface area contributed by atoms with Crippen LogP contribution in [0, 0.1) is 5.82 Å². The number of para-hydroxylation sites is 1. The predicted molar refractivity (Wildman–Crippen MR) is 78.4 cm³/mol. The van der Waals surface area contributed by atoms with Gasteiger partial charge in [-0.15, -0.1) is 0 Å². The zero-order chi connectivity index (χ0) is 15.9. The molecule has 0 aliphatic carbocycles. The van der Waals surface area contributed by atoms with Gasteiger partial charge < -0.3 is 9.47 Å². The van der Waals surface area contributed by atoms with E-state index in [1.807, 2.05) is 0 Å². The van der Waals surface area contributed by atoms with Crippen LogP contribution in [0.2, 0.25) is 0 Å². The summed E-state index contributed by atoms with van der Waals surface area (Å²) in [6, 6.07) is 12.2. The van der Waals surface area contributed by atoms with Gasteiger partial charge in [0.2, 0.25) is 5.78 Å². The molecule has 2 rings (SSSR count). The molecule has 2 aromatic carbocycles. The number of ketones is 1. The molecule has 2 aromatic rings. The molecule has 0 unspecified atom stereocenters. The Morgan fingerprint density at radius 2 is 1.73 bits per heavy atom. The first-order valence-electron chi connectivity index (χ1n) is 6.66. The highest BCUT2D eigenvalue weighted by Crippen LogP contribution is 2.17. The van der Waals surface area contributed by atoms with E-state index in [1.54, 1.807) is 24.3 Å². The second kappa shape index (κ2) is 7.36. The van der Waals surface area contributed by atoms with Crippen molar-refractivity contribution in [2.24, 2.45) is 0 Å². The fraction of sp³-hybridized carbons (Fsp3) is 0.176. The summed E-state index contributed by atoms with van der Waals surface area (Å²) in [4.78, 5) is 23.7. The molecule has 0 aliphatic rings. The molecular formula is C17H15FO4. The average molecular weight is 302 g/mol. The van der Waals surface area contributed by atoms with Crippen LogP contribution in [-0.2, 0) is 16.0 Å². The van der Waals surface area contributed by atoms with E-state index in [-0.39, 0.29) is 24.6 Å². The molecule has 0 amide bonds. The molecular weight excluding hydrogens is 287 g/mol. The minimum absolute atomic E-state index is 0.0144. The van der Waals surface area contributed by atoms with E-state index < -0.39 is 5.97 Å². The fourth-order valence-electron chi connectivity index (χ4n) is 1.92. The lowest BCUT2D eigenvalue weighted by Gasteiger charge is -2.08. The first-order chi connectivity index (χ1) is 10.6. The largest absolute Gasteiger partial charge is 0.496 e. The van der Waals surface area contributed by atoms with Crippen molar-refractivity contribution in [3.63, 3.8) is 0 Å². The van der Waals surface area contributed by atoms with Gasteiger partial charge in [-0.1, -0.05) is 24.3 Å². The van der Waals surface area contributed by atoms with Crippen molar-refractivity contribution in [1.82, 2.24) is 0 Å². The van der Waals surface area contributed by atoms with Crippen molar-refractivity contribution in [3.8, 4) is 5.75 Å². The highest BCUT2D eigenvalue weighted by Gasteiger charge is 2.14. The molecule has 0 N–H and O–H groups in total. The number of benzene rings is 2. The number of halogens is 1. The third-order valence-electron chi connectivity index (χ3n) is 3.03. The van der Waals surface area contributed by atoms with Crippen molar-refractivity contribution in [3.05, 3.63) is 65.5 Å². The summed E-state index contributed by atoms with van der Waals surface area (Å²) in [6.07, 6.45) is -0.0144. The molecule has 0 bridgehead atoms. The Balaban J connectivity index is 1.90. The summed E-state index contributed by atoms with van der Waals surface area (Å²) < 4.78 is 22.8. The van der Waals surface area contributed by atoms with Gasteiger partial charge in [0.15, 0.2) is 6.61 Å². The quantitative estimate of drug-likeness (QED) is 0.608. The summed E-state index contributed by atoms with van der Waals surface area (Å²) in [5.74, 6) is -0.828. The Morgan fingerprint density at radius 3 is 2.41 bits per heavy atom. The number of esters is 1. The van der Waals surface area contributed by atoms with Crippen molar-refractivity contribution >= 4 is 11.8 Å². The highest BCUT2D eigenvalue weighted by atomic mass is 19.1. The van der Waals surface area contributed by atoms with Gasteiger partial charge in [0, 0.05) is 0 Å². The highest BCUT2D eigenvalue weighted by molar-refractivity contribution is 6.00. The van der Waals surface area contributed by atoms with E-state index in [1.165, 1.54) is 31.4 Å². The fourth-order valence-corrected chi connectivity index (χ4v) is 1.92. The second-order valence-electron chi connectivity index (χ2n) is 4.59. The summed E-state index contributed by atoms with van der Waals surface area (Å²) in [7, 11) is 1.46. The molecule has 0 spiro atoms. The molecule has 5 heteroatoms. The van der Waals surface area contributed by atoms with Gasteiger partial charge in [-0.05, 0) is 29.8 Å². The van der Waals surface area contributed by atoms with Crippen molar-refractivity contribution < 1.29 is 23.5 Å². The van der Waals surface area contributed by atoms with E-state index in [4.69, 9.17) is 9.47 Å². The topological polar surface area (TPSA) is 52.6 Å². The number of ether oxygens (including phenoxy) is 2. The van der Waals surface area contributed by atoms with Crippen LogP contribution in [0.15, 0.2) is 48.5 Å². The lowest BCUT2D eigenvalue weighted by Crippen LogP contribution is -2.16. The van der Waals surface area contributed by atoms with Crippen LogP contribution in [0.4, 0.5) is 4.39 Å². The lowest BCUT2D eigenvalue weighted by atomic mass is 10.1. The zero-order valence-electron chi connectivity index (χ0n) is 12.0. The molecule has 0 fully saturated rings. The summed E-state index contributed by atoms with van der Waals surface area (Å²) in [5.41, 5.74) is 0.982. The van der Waals surface area contributed by atoms with Gasteiger partial charge in [-0.25, -0.2) is 4.39 Å². The molecule has 0 radical (unpaired) electrons. The maximum Gasteiger partial charge on any atom is 0.310 e. The van der Waals surface area contributed by atoms with E-state index in [0.717, 1.165) is 0 Å². The van der Waals surface area contributed by atoms with Crippen LogP contribution in [0.3, 0.4) is 0 Å². The Morgan fingerprint density at radius 1 is 1.05 bits per heavy atom. The van der Waals surface area contributed by atoms with Gasteiger partial charge in [0.05, 0.1) is 19.1 Å². The van der Waals surface area contributed by atoms with Crippen molar-refractivity contribution in [2.45, 2.75) is 6.42 Å². The van der Waals surface area contributed by atoms with Crippen LogP contribution < -0.4 is 4.74 Å². The van der Waals surface area contributed by atoms with Crippen LogP contribution in [0.1, 0.15) is 15.9 Å². The Labute approximate surface area is 127 Å². The van der Waals surface area contributed by atoms with Crippen LogP contribution in [0.5, 0.6) is 5.75 Å². The summed E-state index contributed by atoms with van der Waals surface area (Å²) >= 11 is 0. The maximum atomic E-state index is 12.8. The monoisotopic (exact) mass is 302 g/mol.